The van der Waals surface area contributed by atoms with Gasteiger partial charge in [-0.05, 0) is 18.1 Å². The zero-order chi connectivity index (χ0) is 10.8. The monoisotopic (exact) mass is 361 g/mol. The van der Waals surface area contributed by atoms with E-state index < -0.39 is 0 Å². The predicted octanol–water partition coefficient (Wildman–Crippen LogP) is 2.39. The number of hydrogen-bond acceptors (Lipinski definition) is 4. The van der Waals surface area contributed by atoms with Gasteiger partial charge in [-0.15, -0.1) is 35.7 Å². The Labute approximate surface area is 123 Å². The van der Waals surface area contributed by atoms with Gasteiger partial charge >= 0.3 is 0 Å². The number of hydrogen-bond donors (Lipinski definition) is 2. The highest BCUT2D eigenvalue weighted by atomic mass is 127. The third kappa shape index (κ3) is 2.88. The molecular formula is C12H16IN3S. The van der Waals surface area contributed by atoms with E-state index in [0.717, 1.165) is 19.0 Å². The number of benzene rings is 1. The zero-order valence-electron chi connectivity index (χ0n) is 9.48. The van der Waals surface area contributed by atoms with Crippen molar-refractivity contribution in [2.75, 3.05) is 18.8 Å². The Morgan fingerprint density at radius 1 is 1.35 bits per heavy atom. The fourth-order valence-corrected chi connectivity index (χ4v) is 3.28. The molecule has 1 unspecified atom stereocenters. The number of aliphatic imine (C=N–C) groups is 1. The molecule has 0 radical (unpaired) electrons. The van der Waals surface area contributed by atoms with Crippen molar-refractivity contribution in [1.82, 2.24) is 10.6 Å². The van der Waals surface area contributed by atoms with Gasteiger partial charge in [-0.1, -0.05) is 18.2 Å². The fourth-order valence-electron chi connectivity index (χ4n) is 2.15. The average Bonchev–Trinajstić information content (AvgIpc) is 2.82. The highest BCUT2D eigenvalue weighted by Gasteiger charge is 2.21. The molecule has 0 saturated heterocycles. The second-order valence-electron chi connectivity index (χ2n) is 4.03. The first-order chi connectivity index (χ1) is 7.93. The summed E-state index contributed by atoms with van der Waals surface area (Å²) in [5.41, 5.74) is 1.41. The van der Waals surface area contributed by atoms with E-state index in [1.807, 2.05) is 11.8 Å². The summed E-state index contributed by atoms with van der Waals surface area (Å²) in [4.78, 5) is 5.80. The molecule has 0 saturated carbocycles. The molecule has 0 aromatic heterocycles. The Morgan fingerprint density at radius 2 is 2.24 bits per heavy atom. The summed E-state index contributed by atoms with van der Waals surface area (Å²) in [6.45, 7) is 1.86. The van der Waals surface area contributed by atoms with Gasteiger partial charge in [0, 0.05) is 17.2 Å². The lowest BCUT2D eigenvalue weighted by Gasteiger charge is -2.26. The third-order valence-corrected chi connectivity index (χ3v) is 4.07. The summed E-state index contributed by atoms with van der Waals surface area (Å²) in [6, 6.07) is 9.07. The number of halogens is 1. The molecule has 0 aliphatic carbocycles. The molecule has 2 aliphatic heterocycles. The number of thioether (sulfide) groups is 1. The van der Waals surface area contributed by atoms with Gasteiger partial charge in [0.15, 0.2) is 5.96 Å². The van der Waals surface area contributed by atoms with E-state index in [1.165, 1.54) is 22.6 Å². The van der Waals surface area contributed by atoms with Crippen molar-refractivity contribution < 1.29 is 0 Å². The van der Waals surface area contributed by atoms with Crippen molar-refractivity contribution in [2.24, 2.45) is 4.99 Å². The molecule has 3 nitrogen and oxygen atoms in total. The second kappa shape index (κ2) is 5.95. The molecule has 0 bridgehead atoms. The molecule has 92 valence electrons. The molecule has 2 aliphatic rings. The molecule has 17 heavy (non-hydrogen) atoms. The van der Waals surface area contributed by atoms with Crippen molar-refractivity contribution in [3.8, 4) is 0 Å². The van der Waals surface area contributed by atoms with Crippen molar-refractivity contribution in [1.29, 1.82) is 0 Å². The highest BCUT2D eigenvalue weighted by Crippen LogP contribution is 2.35. The van der Waals surface area contributed by atoms with Crippen LogP contribution in [0.5, 0.6) is 0 Å². The summed E-state index contributed by atoms with van der Waals surface area (Å²) in [7, 11) is 0. The molecule has 0 spiro atoms. The largest absolute Gasteiger partial charge is 0.355 e. The molecule has 0 fully saturated rings. The molecule has 3 rings (SSSR count). The average molecular weight is 361 g/mol. The first kappa shape index (κ1) is 13.0. The molecular weight excluding hydrogens is 345 g/mol. The van der Waals surface area contributed by atoms with Gasteiger partial charge in [0.1, 0.15) is 0 Å². The van der Waals surface area contributed by atoms with E-state index in [0.29, 0.717) is 6.04 Å². The molecule has 2 heterocycles. The maximum atomic E-state index is 4.39. The van der Waals surface area contributed by atoms with Crippen LogP contribution in [0.2, 0.25) is 0 Å². The van der Waals surface area contributed by atoms with E-state index in [-0.39, 0.29) is 24.0 Å². The quantitative estimate of drug-likeness (QED) is 0.755. The lowest BCUT2D eigenvalue weighted by molar-refractivity contribution is 0.603. The molecule has 2 N–H and O–H groups in total. The van der Waals surface area contributed by atoms with E-state index in [1.54, 1.807) is 0 Å². The van der Waals surface area contributed by atoms with Gasteiger partial charge < -0.3 is 10.6 Å². The van der Waals surface area contributed by atoms with Crippen LogP contribution in [0.1, 0.15) is 18.0 Å². The molecule has 5 heteroatoms. The number of nitrogens with zero attached hydrogens (tertiary/aromatic N) is 1. The van der Waals surface area contributed by atoms with Gasteiger partial charge in [0.05, 0.1) is 12.6 Å². The highest BCUT2D eigenvalue weighted by molar-refractivity contribution is 14.0. The van der Waals surface area contributed by atoms with Crippen LogP contribution in [0.4, 0.5) is 0 Å². The van der Waals surface area contributed by atoms with Crippen molar-refractivity contribution in [3.63, 3.8) is 0 Å². The van der Waals surface area contributed by atoms with Crippen LogP contribution in [0.15, 0.2) is 34.2 Å². The minimum absolute atomic E-state index is 0. The molecule has 0 amide bonds. The Kier molecular flexibility index (Phi) is 4.55. The van der Waals surface area contributed by atoms with Crippen molar-refractivity contribution >= 4 is 41.7 Å². The Morgan fingerprint density at radius 3 is 3.06 bits per heavy atom. The summed E-state index contributed by atoms with van der Waals surface area (Å²) >= 11 is 1.95. The Bertz CT molecular complexity index is 422. The Balaban J connectivity index is 0.00000108. The maximum absolute atomic E-state index is 4.39. The molecule has 1 atom stereocenters. The van der Waals surface area contributed by atoms with E-state index in [9.17, 15) is 0 Å². The maximum Gasteiger partial charge on any atom is 0.191 e. The minimum Gasteiger partial charge on any atom is -0.355 e. The van der Waals surface area contributed by atoms with Gasteiger partial charge in [-0.25, -0.2) is 0 Å². The van der Waals surface area contributed by atoms with E-state index >= 15 is 0 Å². The van der Waals surface area contributed by atoms with Crippen LogP contribution in [0, 0.1) is 0 Å². The summed E-state index contributed by atoms with van der Waals surface area (Å²) in [6.07, 6.45) is 1.17. The topological polar surface area (TPSA) is 36.4 Å². The van der Waals surface area contributed by atoms with E-state index in [4.69, 9.17) is 0 Å². The van der Waals surface area contributed by atoms with E-state index in [2.05, 4.69) is 39.9 Å². The van der Waals surface area contributed by atoms with Crippen LogP contribution in [0.3, 0.4) is 0 Å². The van der Waals surface area contributed by atoms with Crippen LogP contribution in [-0.2, 0) is 0 Å². The number of nitrogens with one attached hydrogen (secondary N) is 2. The van der Waals surface area contributed by atoms with Gasteiger partial charge in [0.2, 0.25) is 0 Å². The lowest BCUT2D eigenvalue weighted by atomic mass is 10.0. The number of fused-ring (bicyclic) bond motifs is 1. The normalized spacial score (nSPS) is 21.9. The SMILES string of the molecule is I.c1ccc2c(c1)SCCC2NC1=NCCN1. The first-order valence-corrected chi connectivity index (χ1v) is 6.68. The van der Waals surface area contributed by atoms with Gasteiger partial charge in [-0.3, -0.25) is 4.99 Å². The Hall–Kier alpha value is -0.430. The molecule has 1 aromatic carbocycles. The van der Waals surface area contributed by atoms with Crippen molar-refractivity contribution in [3.05, 3.63) is 29.8 Å². The lowest BCUT2D eigenvalue weighted by Crippen LogP contribution is -2.37. The van der Waals surface area contributed by atoms with Gasteiger partial charge in [0.25, 0.3) is 0 Å². The fraction of sp³-hybridized carbons (Fsp3) is 0.417. The predicted molar refractivity (Wildman–Crippen MR) is 83.4 cm³/mol. The number of rotatable bonds is 1. The van der Waals surface area contributed by atoms with Crippen LogP contribution >= 0.6 is 35.7 Å². The smallest absolute Gasteiger partial charge is 0.191 e. The van der Waals surface area contributed by atoms with Crippen LogP contribution < -0.4 is 10.6 Å². The zero-order valence-corrected chi connectivity index (χ0v) is 12.6. The van der Waals surface area contributed by atoms with Crippen molar-refractivity contribution in [2.45, 2.75) is 17.4 Å². The summed E-state index contributed by atoms with van der Waals surface area (Å²) in [5.74, 6) is 2.15. The molecule has 1 aromatic rings. The summed E-state index contributed by atoms with van der Waals surface area (Å²) in [5, 5.41) is 6.77. The van der Waals surface area contributed by atoms with Gasteiger partial charge in [-0.2, -0.15) is 0 Å². The van der Waals surface area contributed by atoms with Crippen LogP contribution in [0.25, 0.3) is 0 Å². The standard InChI is InChI=1S/C12H15N3S.HI/c1-2-4-11-9(3-1)10(5-8-16-11)15-12-13-6-7-14-12;/h1-4,10H,5-8H2,(H2,13,14,15);1H. The third-order valence-electron chi connectivity index (χ3n) is 2.94. The second-order valence-corrected chi connectivity index (χ2v) is 5.17. The number of guanidine groups is 1. The van der Waals surface area contributed by atoms with Crippen LogP contribution in [-0.4, -0.2) is 24.8 Å². The first-order valence-electron chi connectivity index (χ1n) is 5.70. The minimum atomic E-state index is 0. The summed E-state index contributed by atoms with van der Waals surface area (Å²) < 4.78 is 0.